The second-order valence-electron chi connectivity index (χ2n) is 7.23. The minimum absolute atomic E-state index is 0.0241. The fourth-order valence-corrected chi connectivity index (χ4v) is 3.28. The number of hydrogen-bond acceptors (Lipinski definition) is 2. The number of nitrogens with one attached hydrogen (secondary N) is 2. The van der Waals surface area contributed by atoms with Crippen LogP contribution in [0.25, 0.3) is 0 Å². The van der Waals surface area contributed by atoms with Crippen molar-refractivity contribution in [3.63, 3.8) is 0 Å². The van der Waals surface area contributed by atoms with E-state index in [1.165, 1.54) is 16.8 Å². The van der Waals surface area contributed by atoms with Gasteiger partial charge in [0.25, 0.3) is 0 Å². The zero-order valence-electron chi connectivity index (χ0n) is 17.1. The molecule has 0 spiro atoms. The third-order valence-electron chi connectivity index (χ3n) is 4.94. The zero-order chi connectivity index (χ0) is 19.2. The Labute approximate surface area is 157 Å². The lowest BCUT2D eigenvalue weighted by molar-refractivity contribution is 0.508. The van der Waals surface area contributed by atoms with Gasteiger partial charge in [-0.15, -0.1) is 0 Å². The first-order valence-electron chi connectivity index (χ1n) is 9.46. The lowest BCUT2D eigenvalue weighted by Crippen LogP contribution is -2.43. The summed E-state index contributed by atoms with van der Waals surface area (Å²) in [6.07, 6.45) is 1.92. The molecule has 1 aromatic carbocycles. The number of benzene rings is 1. The van der Waals surface area contributed by atoms with Crippen LogP contribution < -0.4 is 10.6 Å². The molecule has 142 valence electrons. The Morgan fingerprint density at radius 2 is 1.81 bits per heavy atom. The molecule has 0 radical (unpaired) electrons. The van der Waals surface area contributed by atoms with Crippen molar-refractivity contribution in [3.8, 4) is 0 Å². The number of aryl methyl sites for hydroxylation is 2. The summed E-state index contributed by atoms with van der Waals surface area (Å²) in [7, 11) is 3.84. The lowest BCUT2D eigenvalue weighted by atomic mass is 9.85. The number of rotatable bonds is 7. The average Bonchev–Trinajstić information content (AvgIpc) is 2.97. The van der Waals surface area contributed by atoms with E-state index in [0.717, 1.165) is 37.6 Å². The Bertz CT molecular complexity index is 728. The summed E-state index contributed by atoms with van der Waals surface area (Å²) in [6, 6.07) is 10.6. The predicted octanol–water partition coefficient (Wildman–Crippen LogP) is 3.19. The molecule has 0 bridgehead atoms. The molecule has 0 amide bonds. The Morgan fingerprint density at radius 3 is 2.38 bits per heavy atom. The van der Waals surface area contributed by atoms with Crippen LogP contribution >= 0.6 is 0 Å². The first-order chi connectivity index (χ1) is 12.4. The fraction of sp³-hybridized carbons (Fsp3) is 0.524. The average molecular weight is 356 g/mol. The van der Waals surface area contributed by atoms with E-state index >= 15 is 0 Å². The molecule has 1 aromatic heterocycles. The maximum Gasteiger partial charge on any atom is 0.191 e. The summed E-state index contributed by atoms with van der Waals surface area (Å²) in [5.74, 6) is 0.821. The maximum atomic E-state index is 4.64. The molecule has 2 rings (SSSR count). The van der Waals surface area contributed by atoms with Gasteiger partial charge in [-0.2, -0.15) is 5.10 Å². The Kier molecular flexibility index (Phi) is 6.83. The molecule has 0 atom stereocenters. The van der Waals surface area contributed by atoms with Gasteiger partial charge in [-0.05, 0) is 18.4 Å². The van der Waals surface area contributed by atoms with Gasteiger partial charge in [0.2, 0.25) is 0 Å². The van der Waals surface area contributed by atoms with Crippen LogP contribution in [0.1, 0.15) is 50.2 Å². The van der Waals surface area contributed by atoms with E-state index in [1.54, 1.807) is 0 Å². The van der Waals surface area contributed by atoms with Crippen LogP contribution in [0, 0.1) is 0 Å². The molecular formula is C21H33N5. The highest BCUT2D eigenvalue weighted by atomic mass is 15.3. The lowest BCUT2D eigenvalue weighted by Gasteiger charge is -2.26. The Balaban J connectivity index is 2.01. The third-order valence-corrected chi connectivity index (χ3v) is 4.94. The standard InChI is InChI=1S/C21H33N5/c1-7-18-17(19(8-2)26(6)25-18)14-23-20(22-5)24-15-21(3,4)16-12-10-9-11-13-16/h9-13H,7-8,14-15H2,1-6H3,(H2,22,23,24). The van der Waals surface area contributed by atoms with E-state index in [2.05, 4.69) is 78.8 Å². The molecule has 5 nitrogen and oxygen atoms in total. The quantitative estimate of drug-likeness (QED) is 0.592. The molecule has 0 fully saturated rings. The van der Waals surface area contributed by atoms with Crippen molar-refractivity contribution in [1.29, 1.82) is 0 Å². The first kappa shape index (κ1) is 20.0. The minimum Gasteiger partial charge on any atom is -0.356 e. The fourth-order valence-electron chi connectivity index (χ4n) is 3.28. The number of nitrogens with zero attached hydrogens (tertiary/aromatic N) is 3. The van der Waals surface area contributed by atoms with Crippen molar-refractivity contribution in [3.05, 3.63) is 52.8 Å². The van der Waals surface area contributed by atoms with Crippen molar-refractivity contribution in [2.24, 2.45) is 12.0 Å². The van der Waals surface area contributed by atoms with Crippen LogP contribution in [0.2, 0.25) is 0 Å². The summed E-state index contributed by atoms with van der Waals surface area (Å²) in [5, 5.41) is 11.6. The first-order valence-corrected chi connectivity index (χ1v) is 9.46. The normalized spacial score (nSPS) is 12.3. The smallest absolute Gasteiger partial charge is 0.191 e. The molecule has 1 heterocycles. The highest BCUT2D eigenvalue weighted by molar-refractivity contribution is 5.79. The summed E-state index contributed by atoms with van der Waals surface area (Å²) in [5.41, 5.74) is 5.09. The van der Waals surface area contributed by atoms with Crippen LogP contribution in [0.15, 0.2) is 35.3 Å². The molecule has 26 heavy (non-hydrogen) atoms. The highest BCUT2D eigenvalue weighted by Crippen LogP contribution is 2.21. The van der Waals surface area contributed by atoms with Gasteiger partial charge in [0.1, 0.15) is 0 Å². The van der Waals surface area contributed by atoms with Crippen molar-refractivity contribution in [1.82, 2.24) is 20.4 Å². The van der Waals surface area contributed by atoms with E-state index in [9.17, 15) is 0 Å². The van der Waals surface area contributed by atoms with Crippen molar-refractivity contribution < 1.29 is 0 Å². The molecule has 0 saturated carbocycles. The number of guanidine groups is 1. The van der Waals surface area contributed by atoms with Gasteiger partial charge in [-0.25, -0.2) is 0 Å². The Morgan fingerprint density at radius 1 is 1.12 bits per heavy atom. The highest BCUT2D eigenvalue weighted by Gasteiger charge is 2.21. The molecule has 0 saturated heterocycles. The van der Waals surface area contributed by atoms with Crippen LogP contribution in [0.5, 0.6) is 0 Å². The molecule has 0 unspecified atom stereocenters. The van der Waals surface area contributed by atoms with E-state index in [4.69, 9.17) is 0 Å². The molecular weight excluding hydrogens is 322 g/mol. The van der Waals surface area contributed by atoms with Crippen LogP contribution in [-0.4, -0.2) is 29.3 Å². The second-order valence-corrected chi connectivity index (χ2v) is 7.23. The monoisotopic (exact) mass is 355 g/mol. The molecule has 0 aliphatic rings. The van der Waals surface area contributed by atoms with Gasteiger partial charge in [0.05, 0.1) is 5.69 Å². The molecule has 0 aliphatic carbocycles. The van der Waals surface area contributed by atoms with Crippen LogP contribution in [-0.2, 0) is 31.8 Å². The third kappa shape index (κ3) is 4.65. The summed E-state index contributed by atoms with van der Waals surface area (Å²) in [6.45, 7) is 10.4. The number of hydrogen-bond donors (Lipinski definition) is 2. The molecule has 0 aliphatic heterocycles. The summed E-state index contributed by atoms with van der Waals surface area (Å²) >= 11 is 0. The summed E-state index contributed by atoms with van der Waals surface area (Å²) < 4.78 is 2.00. The molecule has 2 aromatic rings. The zero-order valence-corrected chi connectivity index (χ0v) is 17.1. The molecule has 5 heteroatoms. The number of aliphatic imine (C=N–C) groups is 1. The topological polar surface area (TPSA) is 54.2 Å². The van der Waals surface area contributed by atoms with E-state index in [0.29, 0.717) is 0 Å². The van der Waals surface area contributed by atoms with Gasteiger partial charge in [-0.3, -0.25) is 9.67 Å². The maximum absolute atomic E-state index is 4.64. The largest absolute Gasteiger partial charge is 0.356 e. The minimum atomic E-state index is 0.0241. The second kappa shape index (κ2) is 8.88. The van der Waals surface area contributed by atoms with E-state index < -0.39 is 0 Å². The van der Waals surface area contributed by atoms with Crippen molar-refractivity contribution >= 4 is 5.96 Å². The molecule has 2 N–H and O–H groups in total. The van der Waals surface area contributed by atoms with Gasteiger partial charge in [0.15, 0.2) is 5.96 Å². The summed E-state index contributed by atoms with van der Waals surface area (Å²) in [4.78, 5) is 4.38. The Hall–Kier alpha value is -2.30. The van der Waals surface area contributed by atoms with Gasteiger partial charge < -0.3 is 10.6 Å². The van der Waals surface area contributed by atoms with Crippen molar-refractivity contribution in [2.75, 3.05) is 13.6 Å². The van der Waals surface area contributed by atoms with Crippen molar-refractivity contribution in [2.45, 2.75) is 52.5 Å². The van der Waals surface area contributed by atoms with Gasteiger partial charge in [-0.1, -0.05) is 58.0 Å². The van der Waals surface area contributed by atoms with E-state index in [1.807, 2.05) is 18.8 Å². The van der Waals surface area contributed by atoms with Crippen LogP contribution in [0.3, 0.4) is 0 Å². The SMILES string of the molecule is CCc1nn(C)c(CC)c1CNC(=NC)NCC(C)(C)c1ccccc1. The number of aromatic nitrogens is 2. The van der Waals surface area contributed by atoms with Gasteiger partial charge in [0, 0.05) is 43.9 Å². The predicted molar refractivity (Wildman–Crippen MR) is 110 cm³/mol. The van der Waals surface area contributed by atoms with Crippen LogP contribution in [0.4, 0.5) is 0 Å². The van der Waals surface area contributed by atoms with Gasteiger partial charge >= 0.3 is 0 Å². The van der Waals surface area contributed by atoms with E-state index in [-0.39, 0.29) is 5.41 Å².